The van der Waals surface area contributed by atoms with Gasteiger partial charge >= 0.3 is 5.97 Å². The number of rotatable bonds is 11. The number of carbonyl (C=O) groups excluding carboxylic acids is 1. The van der Waals surface area contributed by atoms with Crippen molar-refractivity contribution in [3.8, 4) is 0 Å². The van der Waals surface area contributed by atoms with Crippen molar-refractivity contribution in [2.24, 2.45) is 5.41 Å². The van der Waals surface area contributed by atoms with Gasteiger partial charge in [-0.15, -0.1) is 24.8 Å². The average molecular weight is 538 g/mol. The molecule has 0 aliphatic carbocycles. The molecule has 6 heteroatoms. The van der Waals surface area contributed by atoms with Gasteiger partial charge in [-0.3, -0.25) is 0 Å². The molecule has 0 N–H and O–H groups in total. The van der Waals surface area contributed by atoms with Crippen molar-refractivity contribution in [3.05, 3.63) is 71.8 Å². The van der Waals surface area contributed by atoms with Gasteiger partial charge < -0.3 is 14.5 Å². The number of likely N-dealkylation sites (tertiary alicyclic amines) is 1. The van der Waals surface area contributed by atoms with Crippen LogP contribution in [0.5, 0.6) is 0 Å². The standard InChI is InChI=1S/C30H44N2O2.2ClH/c1-6-8-20-32(21-9-7-2)24-29(4)23-31(5)25(3)22-30(29,27-18-14-11-15-19-27)34-28(33)26-16-12-10-13-17-26;;/h10-19,25H,6-9,20-24H2,1-5H3;2*1H. The number of carbonyl (C=O) groups is 1. The lowest BCUT2D eigenvalue weighted by Crippen LogP contribution is -2.63. The molecule has 36 heavy (non-hydrogen) atoms. The van der Waals surface area contributed by atoms with Crippen molar-refractivity contribution in [1.82, 2.24) is 9.80 Å². The molecule has 0 bridgehead atoms. The van der Waals surface area contributed by atoms with Crippen LogP contribution >= 0.6 is 24.8 Å². The largest absolute Gasteiger partial charge is 0.450 e. The topological polar surface area (TPSA) is 32.8 Å². The summed E-state index contributed by atoms with van der Waals surface area (Å²) in [5.74, 6) is -0.235. The van der Waals surface area contributed by atoms with E-state index >= 15 is 0 Å². The molecule has 3 rings (SSSR count). The summed E-state index contributed by atoms with van der Waals surface area (Å²) < 4.78 is 6.70. The van der Waals surface area contributed by atoms with Crippen molar-refractivity contribution in [1.29, 1.82) is 0 Å². The predicted molar refractivity (Wildman–Crippen MR) is 156 cm³/mol. The van der Waals surface area contributed by atoms with Crippen LogP contribution in [0.2, 0.25) is 0 Å². The van der Waals surface area contributed by atoms with E-state index in [1.165, 1.54) is 25.7 Å². The molecule has 2 aromatic rings. The van der Waals surface area contributed by atoms with E-state index in [0.717, 1.165) is 38.2 Å². The van der Waals surface area contributed by atoms with E-state index in [-0.39, 0.29) is 36.2 Å². The van der Waals surface area contributed by atoms with Gasteiger partial charge in [-0.1, -0.05) is 82.1 Å². The average Bonchev–Trinajstić information content (AvgIpc) is 2.85. The van der Waals surface area contributed by atoms with Crippen molar-refractivity contribution in [3.63, 3.8) is 0 Å². The zero-order valence-corrected chi connectivity index (χ0v) is 24.4. The van der Waals surface area contributed by atoms with Crippen LogP contribution in [0.3, 0.4) is 0 Å². The van der Waals surface area contributed by atoms with Crippen LogP contribution in [-0.2, 0) is 10.3 Å². The van der Waals surface area contributed by atoms with Crippen molar-refractivity contribution in [2.75, 3.05) is 33.2 Å². The highest BCUT2D eigenvalue weighted by atomic mass is 35.5. The number of benzene rings is 2. The van der Waals surface area contributed by atoms with Gasteiger partial charge in [-0.25, -0.2) is 4.79 Å². The molecular weight excluding hydrogens is 491 g/mol. The monoisotopic (exact) mass is 536 g/mol. The van der Waals surface area contributed by atoms with Crippen LogP contribution in [0, 0.1) is 5.41 Å². The highest BCUT2D eigenvalue weighted by Gasteiger charge is 2.57. The number of hydrogen-bond acceptors (Lipinski definition) is 4. The zero-order chi connectivity index (χ0) is 24.6. The van der Waals surface area contributed by atoms with Gasteiger partial charge in [-0.2, -0.15) is 0 Å². The third-order valence-corrected chi connectivity index (χ3v) is 7.65. The summed E-state index contributed by atoms with van der Waals surface area (Å²) in [5.41, 5.74) is 0.749. The van der Waals surface area contributed by atoms with E-state index in [1.54, 1.807) is 0 Å². The normalized spacial score (nSPS) is 24.0. The van der Waals surface area contributed by atoms with Crippen LogP contribution in [-0.4, -0.2) is 55.0 Å². The van der Waals surface area contributed by atoms with Crippen molar-refractivity contribution < 1.29 is 9.53 Å². The van der Waals surface area contributed by atoms with E-state index in [9.17, 15) is 4.79 Å². The van der Waals surface area contributed by atoms with Gasteiger partial charge in [0.05, 0.1) is 5.56 Å². The lowest BCUT2D eigenvalue weighted by Gasteiger charge is -2.57. The maximum Gasteiger partial charge on any atom is 0.339 e. The Labute approximate surface area is 231 Å². The molecule has 2 aromatic carbocycles. The Morgan fingerprint density at radius 2 is 1.50 bits per heavy atom. The molecule has 0 saturated carbocycles. The molecule has 1 saturated heterocycles. The quantitative estimate of drug-likeness (QED) is 0.284. The number of piperidine rings is 1. The molecule has 1 aliphatic rings. The summed E-state index contributed by atoms with van der Waals surface area (Å²) >= 11 is 0. The van der Waals surface area contributed by atoms with Crippen molar-refractivity contribution >= 4 is 30.8 Å². The summed E-state index contributed by atoms with van der Waals surface area (Å²) in [6.07, 6.45) is 5.52. The molecule has 0 radical (unpaired) electrons. The third kappa shape index (κ3) is 7.47. The molecule has 3 unspecified atom stereocenters. The minimum Gasteiger partial charge on any atom is -0.450 e. The lowest BCUT2D eigenvalue weighted by atomic mass is 9.63. The summed E-state index contributed by atoms with van der Waals surface area (Å²) in [5, 5.41) is 0. The molecule has 1 aliphatic heterocycles. The van der Waals surface area contributed by atoms with Gasteiger partial charge in [0.2, 0.25) is 0 Å². The van der Waals surface area contributed by atoms with E-state index in [2.05, 4.69) is 68.8 Å². The first-order chi connectivity index (χ1) is 16.3. The van der Waals surface area contributed by atoms with E-state index in [4.69, 9.17) is 4.74 Å². The Morgan fingerprint density at radius 3 is 2.03 bits per heavy atom. The van der Waals surface area contributed by atoms with E-state index < -0.39 is 5.60 Å². The van der Waals surface area contributed by atoms with Crippen LogP contribution in [0.1, 0.15) is 75.7 Å². The SMILES string of the molecule is CCCCN(CCCC)CC1(C)CN(C)C(C)CC1(OC(=O)c1ccccc1)c1ccccc1.Cl.Cl. The Hall–Kier alpha value is -1.59. The predicted octanol–water partition coefficient (Wildman–Crippen LogP) is 7.22. The number of hydrogen-bond donors (Lipinski definition) is 0. The minimum absolute atomic E-state index is 0. The van der Waals surface area contributed by atoms with Crippen molar-refractivity contribution in [2.45, 2.75) is 71.4 Å². The number of unbranched alkanes of at least 4 members (excludes halogenated alkanes) is 2. The second-order valence-corrected chi connectivity index (χ2v) is 10.5. The second kappa shape index (κ2) is 15.0. The Kier molecular flexibility index (Phi) is 13.5. The first-order valence-electron chi connectivity index (χ1n) is 13.1. The van der Waals surface area contributed by atoms with Gasteiger partial charge in [0.1, 0.15) is 5.60 Å². The Balaban J connectivity index is 0.00000324. The summed E-state index contributed by atoms with van der Waals surface area (Å²) in [7, 11) is 2.21. The van der Waals surface area contributed by atoms with E-state index in [0.29, 0.717) is 11.6 Å². The van der Waals surface area contributed by atoms with Crippen LogP contribution in [0.25, 0.3) is 0 Å². The number of ether oxygens (including phenoxy) is 1. The first kappa shape index (κ1) is 32.4. The molecule has 0 aromatic heterocycles. The summed E-state index contributed by atoms with van der Waals surface area (Å²) in [6.45, 7) is 13.1. The van der Waals surface area contributed by atoms with Gasteiger partial charge in [0.15, 0.2) is 0 Å². The number of esters is 1. The van der Waals surface area contributed by atoms with Crippen LogP contribution < -0.4 is 0 Å². The molecule has 202 valence electrons. The second-order valence-electron chi connectivity index (χ2n) is 10.5. The van der Waals surface area contributed by atoms with E-state index in [1.807, 2.05) is 36.4 Å². The maximum atomic E-state index is 13.5. The molecule has 0 amide bonds. The zero-order valence-electron chi connectivity index (χ0n) is 22.7. The smallest absolute Gasteiger partial charge is 0.339 e. The lowest BCUT2D eigenvalue weighted by molar-refractivity contribution is -0.159. The molecule has 0 spiro atoms. The maximum absolute atomic E-state index is 13.5. The summed E-state index contributed by atoms with van der Waals surface area (Å²) in [6, 6.07) is 20.2. The fourth-order valence-corrected chi connectivity index (χ4v) is 5.55. The fourth-order valence-electron chi connectivity index (χ4n) is 5.55. The Bertz CT molecular complexity index is 890. The van der Waals surface area contributed by atoms with Crippen LogP contribution in [0.15, 0.2) is 60.7 Å². The van der Waals surface area contributed by atoms with Crippen LogP contribution in [0.4, 0.5) is 0 Å². The summed E-state index contributed by atoms with van der Waals surface area (Å²) in [4.78, 5) is 18.6. The highest BCUT2D eigenvalue weighted by Crippen LogP contribution is 2.51. The molecule has 1 heterocycles. The third-order valence-electron chi connectivity index (χ3n) is 7.65. The molecular formula is C30H46Cl2N2O2. The minimum atomic E-state index is -0.705. The number of nitrogens with zero attached hydrogens (tertiary/aromatic N) is 2. The molecule has 1 fully saturated rings. The fraction of sp³-hybridized carbons (Fsp3) is 0.567. The first-order valence-corrected chi connectivity index (χ1v) is 13.1. The van der Waals surface area contributed by atoms with Gasteiger partial charge in [0.25, 0.3) is 0 Å². The molecule has 4 nitrogen and oxygen atoms in total. The van der Waals surface area contributed by atoms with Gasteiger partial charge in [0, 0.05) is 31.0 Å². The Morgan fingerprint density at radius 1 is 0.972 bits per heavy atom. The highest BCUT2D eigenvalue weighted by molar-refractivity contribution is 5.89. The number of halogens is 2. The molecule has 3 atom stereocenters. The van der Waals surface area contributed by atoms with Gasteiger partial charge in [-0.05, 0) is 57.6 Å².